The highest BCUT2D eigenvalue weighted by Crippen LogP contribution is 2.28. The average Bonchev–Trinajstić information content (AvgIpc) is 2.74. The second-order valence-electron chi connectivity index (χ2n) is 6.85. The molecule has 0 fully saturated rings. The number of aliphatic carboxylic acids is 1. The second-order valence-corrected chi connectivity index (χ2v) is 7.22. The molecule has 8 heteroatoms. The summed E-state index contributed by atoms with van der Waals surface area (Å²) < 4.78 is 15.7. The van der Waals surface area contributed by atoms with Crippen LogP contribution in [0.4, 0.5) is 0 Å². The number of esters is 1. The van der Waals surface area contributed by atoms with Crippen molar-refractivity contribution in [3.8, 4) is 11.5 Å². The number of rotatable bonds is 9. The van der Waals surface area contributed by atoms with Gasteiger partial charge >= 0.3 is 11.9 Å². The number of benzene rings is 2. The van der Waals surface area contributed by atoms with Crippen molar-refractivity contribution in [1.82, 2.24) is 0 Å². The summed E-state index contributed by atoms with van der Waals surface area (Å²) in [6.07, 6.45) is 1.44. The molecule has 0 heterocycles. The summed E-state index contributed by atoms with van der Waals surface area (Å²) in [6.45, 7) is 3.55. The van der Waals surface area contributed by atoms with Crippen molar-refractivity contribution in [2.45, 2.75) is 19.9 Å². The van der Waals surface area contributed by atoms with Crippen LogP contribution in [-0.2, 0) is 14.3 Å². The third kappa shape index (κ3) is 6.58. The van der Waals surface area contributed by atoms with Crippen molar-refractivity contribution in [3.63, 3.8) is 0 Å². The first-order chi connectivity index (χ1) is 14.8. The minimum absolute atomic E-state index is 0.0744. The van der Waals surface area contributed by atoms with E-state index >= 15 is 0 Å². The fourth-order valence-corrected chi connectivity index (χ4v) is 2.92. The number of carbonyl (C=O) groups excluding carboxylic acids is 1. The van der Waals surface area contributed by atoms with E-state index in [9.17, 15) is 14.7 Å². The van der Waals surface area contributed by atoms with Gasteiger partial charge in [0.2, 0.25) is 5.76 Å². The molecule has 1 unspecified atom stereocenters. The molecule has 0 aromatic heterocycles. The quantitative estimate of drug-likeness (QED) is 0.202. The van der Waals surface area contributed by atoms with Gasteiger partial charge < -0.3 is 19.3 Å². The molecule has 0 spiro atoms. The molecule has 0 amide bonds. The van der Waals surface area contributed by atoms with Crippen molar-refractivity contribution in [3.05, 3.63) is 65.4 Å². The Balaban J connectivity index is 2.24. The molecule has 31 heavy (non-hydrogen) atoms. The zero-order valence-corrected chi connectivity index (χ0v) is 18.4. The first-order valence-corrected chi connectivity index (χ1v) is 9.81. The number of carboxylic acids is 1. The Kier molecular flexibility index (Phi) is 8.63. The lowest BCUT2D eigenvalue weighted by Gasteiger charge is -2.11. The molecule has 0 aliphatic heterocycles. The van der Waals surface area contributed by atoms with Gasteiger partial charge in [-0.3, -0.25) is 4.99 Å². The average molecular weight is 446 g/mol. The summed E-state index contributed by atoms with van der Waals surface area (Å²) in [4.78, 5) is 28.0. The lowest BCUT2D eigenvalue weighted by molar-refractivity contribution is -0.139. The molecule has 0 saturated carbocycles. The number of halogens is 1. The third-order valence-electron chi connectivity index (χ3n) is 4.25. The van der Waals surface area contributed by atoms with Crippen LogP contribution < -0.4 is 9.47 Å². The van der Waals surface area contributed by atoms with E-state index in [1.54, 1.807) is 62.4 Å². The summed E-state index contributed by atoms with van der Waals surface area (Å²) in [5, 5.41) is 9.31. The summed E-state index contributed by atoms with van der Waals surface area (Å²) in [6, 6.07) is 12.5. The molecular weight excluding hydrogens is 422 g/mol. The van der Waals surface area contributed by atoms with Gasteiger partial charge in [-0.15, -0.1) is 0 Å². The highest BCUT2D eigenvalue weighted by atomic mass is 35.5. The number of carboxylic acid groups (broad SMARTS) is 1. The SMILES string of the molecule is CO/C(C(=O)Oc1cccc(C=NC(C(=O)O)C(C)C)c1)=C(/Cl)c1cccc(OC)c1. The highest BCUT2D eigenvalue weighted by Gasteiger charge is 2.21. The van der Waals surface area contributed by atoms with Crippen LogP contribution in [-0.4, -0.2) is 43.5 Å². The smallest absolute Gasteiger partial charge is 0.380 e. The van der Waals surface area contributed by atoms with Gasteiger partial charge in [0.05, 0.1) is 19.3 Å². The van der Waals surface area contributed by atoms with E-state index in [1.165, 1.54) is 20.4 Å². The van der Waals surface area contributed by atoms with Gasteiger partial charge in [-0.25, -0.2) is 9.59 Å². The predicted octanol–water partition coefficient (Wildman–Crippen LogP) is 4.38. The van der Waals surface area contributed by atoms with E-state index in [1.807, 2.05) is 0 Å². The van der Waals surface area contributed by atoms with Crippen LogP contribution in [0.2, 0.25) is 0 Å². The molecule has 2 rings (SSSR count). The number of methoxy groups -OCH3 is 2. The number of nitrogens with zero attached hydrogens (tertiary/aromatic N) is 1. The Bertz CT molecular complexity index is 999. The van der Waals surface area contributed by atoms with E-state index in [0.29, 0.717) is 16.9 Å². The Morgan fingerprint density at radius 1 is 1.06 bits per heavy atom. The summed E-state index contributed by atoms with van der Waals surface area (Å²) in [5.74, 6) is -1.31. The number of aliphatic imine (C=N–C) groups is 1. The molecular formula is C23H24ClNO6. The molecule has 0 bridgehead atoms. The van der Waals surface area contributed by atoms with Crippen molar-refractivity contribution < 1.29 is 28.9 Å². The van der Waals surface area contributed by atoms with Gasteiger partial charge in [-0.1, -0.05) is 49.7 Å². The maximum Gasteiger partial charge on any atom is 0.380 e. The van der Waals surface area contributed by atoms with Crippen LogP contribution in [0.5, 0.6) is 11.5 Å². The minimum Gasteiger partial charge on any atom is -0.497 e. The molecule has 0 aliphatic rings. The number of carbonyl (C=O) groups is 2. The zero-order valence-electron chi connectivity index (χ0n) is 17.7. The fourth-order valence-electron chi connectivity index (χ4n) is 2.65. The van der Waals surface area contributed by atoms with Crippen LogP contribution in [0.15, 0.2) is 59.3 Å². The Morgan fingerprint density at radius 3 is 2.35 bits per heavy atom. The molecule has 1 N–H and O–H groups in total. The van der Waals surface area contributed by atoms with Gasteiger partial charge in [0.1, 0.15) is 17.5 Å². The van der Waals surface area contributed by atoms with E-state index in [0.717, 1.165) is 0 Å². The predicted molar refractivity (Wildman–Crippen MR) is 119 cm³/mol. The first-order valence-electron chi connectivity index (χ1n) is 9.43. The monoisotopic (exact) mass is 445 g/mol. The van der Waals surface area contributed by atoms with E-state index in [4.69, 9.17) is 25.8 Å². The van der Waals surface area contributed by atoms with Gasteiger partial charge in [0.25, 0.3) is 0 Å². The van der Waals surface area contributed by atoms with Crippen molar-refractivity contribution in [2.24, 2.45) is 10.9 Å². The minimum atomic E-state index is -1.00. The van der Waals surface area contributed by atoms with E-state index in [2.05, 4.69) is 4.99 Å². The molecule has 1 atom stereocenters. The van der Waals surface area contributed by atoms with E-state index in [-0.39, 0.29) is 22.5 Å². The normalized spacial score (nSPS) is 13.0. The highest BCUT2D eigenvalue weighted by molar-refractivity contribution is 6.50. The molecule has 164 valence electrons. The molecule has 0 aliphatic carbocycles. The second kappa shape index (κ2) is 11.2. The zero-order chi connectivity index (χ0) is 23.0. The Morgan fingerprint density at radius 2 is 1.74 bits per heavy atom. The standard InChI is InChI=1S/C23H24ClNO6/c1-14(2)20(22(26)27)25-13-15-7-5-10-18(11-15)31-23(28)21(30-4)19(24)16-8-6-9-17(12-16)29-3/h5-14,20H,1-4H3,(H,26,27)/b21-19+,25-13?. The summed E-state index contributed by atoms with van der Waals surface area (Å²) >= 11 is 6.36. The van der Waals surface area contributed by atoms with Gasteiger partial charge in [0.15, 0.2) is 0 Å². The topological polar surface area (TPSA) is 94.4 Å². The van der Waals surface area contributed by atoms with Crippen LogP contribution in [0.25, 0.3) is 5.03 Å². The lowest BCUT2D eigenvalue weighted by atomic mass is 10.1. The van der Waals surface area contributed by atoms with Gasteiger partial charge in [-0.05, 0) is 35.7 Å². The van der Waals surface area contributed by atoms with Crippen LogP contribution >= 0.6 is 11.6 Å². The molecule has 7 nitrogen and oxygen atoms in total. The summed E-state index contributed by atoms with van der Waals surface area (Å²) in [7, 11) is 2.85. The first kappa shape index (κ1) is 24.0. The van der Waals surface area contributed by atoms with Crippen molar-refractivity contribution >= 4 is 34.8 Å². The number of hydrogen-bond donors (Lipinski definition) is 1. The third-order valence-corrected chi connectivity index (χ3v) is 4.64. The van der Waals surface area contributed by atoms with E-state index < -0.39 is 18.0 Å². The molecule has 2 aromatic rings. The molecule has 0 radical (unpaired) electrons. The van der Waals surface area contributed by atoms with Crippen molar-refractivity contribution in [1.29, 1.82) is 0 Å². The van der Waals surface area contributed by atoms with Crippen molar-refractivity contribution in [2.75, 3.05) is 14.2 Å². The van der Waals surface area contributed by atoms with Crippen LogP contribution in [0.1, 0.15) is 25.0 Å². The molecule has 0 saturated heterocycles. The van der Waals surface area contributed by atoms with Gasteiger partial charge in [-0.2, -0.15) is 0 Å². The fraction of sp³-hybridized carbons (Fsp3) is 0.261. The Labute approximate surface area is 185 Å². The Hall–Kier alpha value is -3.32. The lowest BCUT2D eigenvalue weighted by Crippen LogP contribution is -2.24. The maximum absolute atomic E-state index is 12.6. The number of ether oxygens (including phenoxy) is 3. The number of hydrogen-bond acceptors (Lipinski definition) is 6. The molecule has 2 aromatic carbocycles. The van der Waals surface area contributed by atoms with Gasteiger partial charge in [0, 0.05) is 11.8 Å². The largest absolute Gasteiger partial charge is 0.497 e. The van der Waals surface area contributed by atoms with Crippen LogP contribution in [0.3, 0.4) is 0 Å². The van der Waals surface area contributed by atoms with Crippen LogP contribution in [0, 0.1) is 5.92 Å². The maximum atomic E-state index is 12.6. The summed E-state index contributed by atoms with van der Waals surface area (Å²) in [5.41, 5.74) is 1.11.